The van der Waals surface area contributed by atoms with Crippen LogP contribution in [0.2, 0.25) is 0 Å². The standard InChI is InChI=1S/C16H18N6O/c1-11(14-7-10-18-22(14)2)12-3-5-13(6-4-12)19-16(23)20-15-8-9-17-21-15/h3-11H,1-2H3,(H3,17,19,20,21,23)/t11-/m1/s1. The van der Waals surface area contributed by atoms with Crippen molar-refractivity contribution in [1.82, 2.24) is 20.0 Å². The molecule has 2 amide bonds. The summed E-state index contributed by atoms with van der Waals surface area (Å²) >= 11 is 0. The zero-order valence-electron chi connectivity index (χ0n) is 12.9. The minimum atomic E-state index is -0.318. The smallest absolute Gasteiger partial charge is 0.308 e. The van der Waals surface area contributed by atoms with Gasteiger partial charge in [0.15, 0.2) is 0 Å². The Kier molecular flexibility index (Phi) is 4.09. The van der Waals surface area contributed by atoms with Crippen LogP contribution in [0, 0.1) is 0 Å². The van der Waals surface area contributed by atoms with Gasteiger partial charge in [-0.05, 0) is 23.8 Å². The molecule has 1 aromatic carbocycles. The van der Waals surface area contributed by atoms with Crippen molar-refractivity contribution in [3.05, 3.63) is 60.0 Å². The number of anilines is 2. The molecule has 0 saturated carbocycles. The molecule has 7 heteroatoms. The van der Waals surface area contributed by atoms with Crippen LogP contribution >= 0.6 is 0 Å². The molecular formula is C16H18N6O. The van der Waals surface area contributed by atoms with E-state index in [0.717, 1.165) is 16.9 Å². The van der Waals surface area contributed by atoms with E-state index in [0.29, 0.717) is 5.82 Å². The molecule has 0 fully saturated rings. The van der Waals surface area contributed by atoms with Gasteiger partial charge >= 0.3 is 6.03 Å². The van der Waals surface area contributed by atoms with Crippen LogP contribution in [0.4, 0.5) is 16.3 Å². The lowest BCUT2D eigenvalue weighted by atomic mass is 9.97. The number of carbonyl (C=O) groups excluding carboxylic acids is 1. The number of aromatic nitrogens is 4. The third kappa shape index (κ3) is 3.39. The summed E-state index contributed by atoms with van der Waals surface area (Å²) < 4.78 is 1.87. The van der Waals surface area contributed by atoms with Crippen LogP contribution in [0.1, 0.15) is 24.1 Å². The van der Waals surface area contributed by atoms with E-state index in [-0.39, 0.29) is 11.9 Å². The average Bonchev–Trinajstić information content (AvgIpc) is 3.19. The summed E-state index contributed by atoms with van der Waals surface area (Å²) in [4.78, 5) is 11.8. The Balaban J connectivity index is 1.65. The summed E-state index contributed by atoms with van der Waals surface area (Å²) in [6.07, 6.45) is 3.37. The van der Waals surface area contributed by atoms with Gasteiger partial charge in [-0.25, -0.2) is 4.79 Å². The molecule has 3 rings (SSSR count). The number of carbonyl (C=O) groups is 1. The summed E-state index contributed by atoms with van der Waals surface area (Å²) in [5, 5.41) is 16.1. The molecule has 0 aliphatic rings. The number of hydrogen-bond acceptors (Lipinski definition) is 3. The zero-order chi connectivity index (χ0) is 16.2. The van der Waals surface area contributed by atoms with Gasteiger partial charge in [0.05, 0.1) is 6.20 Å². The highest BCUT2D eigenvalue weighted by Crippen LogP contribution is 2.24. The number of aryl methyl sites for hydroxylation is 1. The average molecular weight is 310 g/mol. The van der Waals surface area contributed by atoms with E-state index < -0.39 is 0 Å². The van der Waals surface area contributed by atoms with Crippen LogP contribution in [-0.2, 0) is 7.05 Å². The van der Waals surface area contributed by atoms with Crippen LogP contribution < -0.4 is 10.6 Å². The maximum atomic E-state index is 11.8. The van der Waals surface area contributed by atoms with Gasteiger partial charge in [0.1, 0.15) is 5.82 Å². The van der Waals surface area contributed by atoms with E-state index >= 15 is 0 Å². The first-order valence-corrected chi connectivity index (χ1v) is 7.29. The molecule has 2 heterocycles. The lowest BCUT2D eigenvalue weighted by molar-refractivity contribution is 0.262. The van der Waals surface area contributed by atoms with Crippen molar-refractivity contribution in [2.75, 3.05) is 10.6 Å². The molecule has 1 atom stereocenters. The van der Waals surface area contributed by atoms with Crippen LogP contribution in [-0.4, -0.2) is 26.0 Å². The van der Waals surface area contributed by atoms with Crippen molar-refractivity contribution < 1.29 is 4.79 Å². The topological polar surface area (TPSA) is 87.6 Å². The molecule has 0 bridgehead atoms. The van der Waals surface area contributed by atoms with Crippen LogP contribution in [0.25, 0.3) is 0 Å². The van der Waals surface area contributed by atoms with E-state index in [1.807, 2.05) is 42.1 Å². The van der Waals surface area contributed by atoms with Crippen LogP contribution in [0.3, 0.4) is 0 Å². The molecule has 3 N–H and O–H groups in total. The normalized spacial score (nSPS) is 11.9. The van der Waals surface area contributed by atoms with Crippen molar-refractivity contribution >= 4 is 17.5 Å². The summed E-state index contributed by atoms with van der Waals surface area (Å²) in [5.74, 6) is 0.777. The van der Waals surface area contributed by atoms with Crippen molar-refractivity contribution in [3.63, 3.8) is 0 Å². The third-order valence-corrected chi connectivity index (χ3v) is 3.72. The quantitative estimate of drug-likeness (QED) is 0.692. The van der Waals surface area contributed by atoms with Crippen LogP contribution in [0.15, 0.2) is 48.8 Å². The molecule has 0 spiro atoms. The Morgan fingerprint density at radius 3 is 2.52 bits per heavy atom. The number of nitrogens with one attached hydrogen (secondary N) is 3. The molecule has 0 unspecified atom stereocenters. The predicted octanol–water partition coefficient (Wildman–Crippen LogP) is 2.94. The van der Waals surface area contributed by atoms with Gasteiger partial charge in [-0.3, -0.25) is 15.1 Å². The van der Waals surface area contributed by atoms with Gasteiger partial charge < -0.3 is 5.32 Å². The molecule has 0 radical (unpaired) electrons. The van der Waals surface area contributed by atoms with Gasteiger partial charge in [-0.1, -0.05) is 19.1 Å². The minimum absolute atomic E-state index is 0.232. The van der Waals surface area contributed by atoms with Crippen molar-refractivity contribution in [3.8, 4) is 0 Å². The van der Waals surface area contributed by atoms with E-state index in [1.54, 1.807) is 18.5 Å². The molecule has 0 aliphatic carbocycles. The molecule has 118 valence electrons. The highest BCUT2D eigenvalue weighted by molar-refractivity contribution is 5.99. The van der Waals surface area contributed by atoms with Crippen molar-refractivity contribution in [1.29, 1.82) is 0 Å². The van der Waals surface area contributed by atoms with E-state index in [9.17, 15) is 4.79 Å². The maximum Gasteiger partial charge on any atom is 0.324 e. The Bertz CT molecular complexity index is 775. The van der Waals surface area contributed by atoms with Gasteiger partial charge in [-0.2, -0.15) is 10.2 Å². The van der Waals surface area contributed by atoms with Gasteiger partial charge in [0, 0.05) is 36.6 Å². The number of H-pyrrole nitrogens is 1. The largest absolute Gasteiger partial charge is 0.324 e. The highest BCUT2D eigenvalue weighted by atomic mass is 16.2. The molecule has 2 aromatic heterocycles. The Hall–Kier alpha value is -3.09. The van der Waals surface area contributed by atoms with Crippen molar-refractivity contribution in [2.45, 2.75) is 12.8 Å². The van der Waals surface area contributed by atoms with Crippen LogP contribution in [0.5, 0.6) is 0 Å². The van der Waals surface area contributed by atoms with Gasteiger partial charge in [0.25, 0.3) is 0 Å². The molecule has 3 aromatic rings. The molecule has 7 nitrogen and oxygen atoms in total. The van der Waals surface area contributed by atoms with E-state index in [4.69, 9.17) is 0 Å². The minimum Gasteiger partial charge on any atom is -0.308 e. The fourth-order valence-electron chi connectivity index (χ4n) is 2.44. The predicted molar refractivity (Wildman–Crippen MR) is 88.4 cm³/mol. The Labute approximate surface area is 133 Å². The first-order valence-electron chi connectivity index (χ1n) is 7.29. The van der Waals surface area contributed by atoms with Gasteiger partial charge in [0.2, 0.25) is 0 Å². The number of aromatic amines is 1. The summed E-state index contributed by atoms with van der Waals surface area (Å²) in [7, 11) is 1.93. The lowest BCUT2D eigenvalue weighted by Crippen LogP contribution is -2.19. The molecule has 23 heavy (non-hydrogen) atoms. The second kappa shape index (κ2) is 6.35. The Morgan fingerprint density at radius 2 is 1.91 bits per heavy atom. The van der Waals surface area contributed by atoms with Gasteiger partial charge in [-0.15, -0.1) is 0 Å². The van der Waals surface area contributed by atoms with E-state index in [2.05, 4.69) is 32.9 Å². The SMILES string of the molecule is C[C@H](c1ccc(NC(=O)Nc2ccn[nH]2)cc1)c1ccnn1C. The molecular weight excluding hydrogens is 292 g/mol. The molecule has 0 aliphatic heterocycles. The number of urea groups is 1. The van der Waals surface area contributed by atoms with Crippen molar-refractivity contribution in [2.24, 2.45) is 7.05 Å². The summed E-state index contributed by atoms with van der Waals surface area (Å²) in [6, 6.07) is 11.1. The zero-order valence-corrected chi connectivity index (χ0v) is 12.9. The fraction of sp³-hybridized carbons (Fsp3) is 0.188. The number of rotatable bonds is 4. The lowest BCUT2D eigenvalue weighted by Gasteiger charge is -2.13. The second-order valence-electron chi connectivity index (χ2n) is 5.27. The number of hydrogen-bond donors (Lipinski definition) is 3. The maximum absolute atomic E-state index is 11.8. The number of amides is 2. The monoisotopic (exact) mass is 310 g/mol. The highest BCUT2D eigenvalue weighted by Gasteiger charge is 2.12. The number of nitrogens with zero attached hydrogens (tertiary/aromatic N) is 3. The summed E-state index contributed by atoms with van der Waals surface area (Å²) in [5.41, 5.74) is 3.03. The Morgan fingerprint density at radius 1 is 1.13 bits per heavy atom. The first kappa shape index (κ1) is 14.8. The van der Waals surface area contributed by atoms with E-state index in [1.165, 1.54) is 0 Å². The fourth-order valence-corrected chi connectivity index (χ4v) is 2.44. The molecule has 0 saturated heterocycles. The number of benzene rings is 1. The second-order valence-corrected chi connectivity index (χ2v) is 5.27. The third-order valence-electron chi connectivity index (χ3n) is 3.72. The summed E-state index contributed by atoms with van der Waals surface area (Å²) in [6.45, 7) is 2.13. The first-order chi connectivity index (χ1) is 11.1.